The molecule has 4 rings (SSSR count). The smallest absolute Gasteiger partial charge is 0.281 e. The van der Waals surface area contributed by atoms with Crippen molar-refractivity contribution in [3.8, 4) is 0 Å². The minimum Gasteiger partial charge on any atom is -0.364 e. The molecule has 2 aromatic heterocycles. The standard InChI is InChI=1S/C29H29FN4O3/c1-29(2,3)22-9-11-24(12-10-22)34(28(36)25-14-17-37-33-25)26(21-7-5-15-31-19-21)27(35)32-16-13-20-6-4-8-23(30)18-20/h4-12,14-15,17-19,26H,13,16H2,1-3H3,(H,32,35). The summed E-state index contributed by atoms with van der Waals surface area (Å²) in [7, 11) is 0. The molecule has 0 radical (unpaired) electrons. The number of nitrogens with zero attached hydrogens (tertiary/aromatic N) is 3. The predicted octanol–water partition coefficient (Wildman–Crippen LogP) is 5.25. The maximum atomic E-state index is 13.7. The Kier molecular flexibility index (Phi) is 7.77. The first-order valence-electron chi connectivity index (χ1n) is 12.0. The normalized spacial score (nSPS) is 12.1. The van der Waals surface area contributed by atoms with E-state index in [9.17, 15) is 14.0 Å². The van der Waals surface area contributed by atoms with E-state index in [0.29, 0.717) is 17.7 Å². The summed E-state index contributed by atoms with van der Waals surface area (Å²) in [6.45, 7) is 6.56. The highest BCUT2D eigenvalue weighted by atomic mass is 19.1. The van der Waals surface area contributed by atoms with Crippen LogP contribution in [0.4, 0.5) is 10.1 Å². The molecule has 0 aliphatic heterocycles. The molecule has 0 aliphatic rings. The van der Waals surface area contributed by atoms with Gasteiger partial charge in [-0.15, -0.1) is 0 Å². The lowest BCUT2D eigenvalue weighted by molar-refractivity contribution is -0.122. The number of nitrogens with one attached hydrogen (secondary N) is 1. The zero-order chi connectivity index (χ0) is 26.4. The van der Waals surface area contributed by atoms with E-state index < -0.39 is 17.9 Å². The molecule has 2 aromatic carbocycles. The van der Waals surface area contributed by atoms with E-state index >= 15 is 0 Å². The number of carbonyl (C=O) groups is 2. The molecule has 190 valence electrons. The Morgan fingerprint density at radius 2 is 1.84 bits per heavy atom. The van der Waals surface area contributed by atoms with Gasteiger partial charge in [-0.2, -0.15) is 0 Å². The average molecular weight is 501 g/mol. The molecule has 0 spiro atoms. The Morgan fingerprint density at radius 3 is 2.46 bits per heavy atom. The third-order valence-electron chi connectivity index (χ3n) is 6.00. The highest BCUT2D eigenvalue weighted by Gasteiger charge is 2.34. The minimum absolute atomic E-state index is 0.0707. The second-order valence-corrected chi connectivity index (χ2v) is 9.72. The molecule has 0 saturated carbocycles. The van der Waals surface area contributed by atoms with Gasteiger partial charge in [-0.3, -0.25) is 19.5 Å². The maximum absolute atomic E-state index is 13.7. The van der Waals surface area contributed by atoms with E-state index in [4.69, 9.17) is 4.52 Å². The number of hydrogen-bond donors (Lipinski definition) is 1. The fourth-order valence-electron chi connectivity index (χ4n) is 4.03. The zero-order valence-electron chi connectivity index (χ0n) is 21.0. The van der Waals surface area contributed by atoms with Crippen LogP contribution in [0.15, 0.2) is 89.9 Å². The molecule has 2 heterocycles. The van der Waals surface area contributed by atoms with Gasteiger partial charge in [0.25, 0.3) is 5.91 Å². The highest BCUT2D eigenvalue weighted by molar-refractivity contribution is 6.09. The summed E-state index contributed by atoms with van der Waals surface area (Å²) < 4.78 is 18.5. The quantitative estimate of drug-likeness (QED) is 0.357. The molecule has 7 nitrogen and oxygen atoms in total. The Morgan fingerprint density at radius 1 is 1.05 bits per heavy atom. The third kappa shape index (κ3) is 6.27. The fourth-order valence-corrected chi connectivity index (χ4v) is 4.03. The molecular formula is C29H29FN4O3. The van der Waals surface area contributed by atoms with Crippen LogP contribution in [0.25, 0.3) is 0 Å². The van der Waals surface area contributed by atoms with Gasteiger partial charge >= 0.3 is 0 Å². The first kappa shape index (κ1) is 25.8. The van der Waals surface area contributed by atoms with Crippen molar-refractivity contribution in [2.45, 2.75) is 38.6 Å². The van der Waals surface area contributed by atoms with Crippen LogP contribution < -0.4 is 10.2 Å². The highest BCUT2D eigenvalue weighted by Crippen LogP contribution is 2.31. The number of rotatable bonds is 8. The molecule has 2 amide bonds. The lowest BCUT2D eigenvalue weighted by Crippen LogP contribution is -2.44. The Hall–Kier alpha value is -4.33. The van der Waals surface area contributed by atoms with E-state index in [-0.39, 0.29) is 23.5 Å². The van der Waals surface area contributed by atoms with Crippen LogP contribution in [0, 0.1) is 5.82 Å². The molecule has 0 fully saturated rings. The second kappa shape index (κ2) is 11.2. The van der Waals surface area contributed by atoms with E-state index in [1.807, 2.05) is 24.3 Å². The van der Waals surface area contributed by atoms with E-state index in [0.717, 1.165) is 11.1 Å². The van der Waals surface area contributed by atoms with Crippen LogP contribution in [0.5, 0.6) is 0 Å². The van der Waals surface area contributed by atoms with Crippen LogP contribution in [0.2, 0.25) is 0 Å². The summed E-state index contributed by atoms with van der Waals surface area (Å²) in [5.74, 6) is -1.23. The van der Waals surface area contributed by atoms with E-state index in [2.05, 4.69) is 36.2 Å². The second-order valence-electron chi connectivity index (χ2n) is 9.72. The maximum Gasteiger partial charge on any atom is 0.281 e. The largest absolute Gasteiger partial charge is 0.364 e. The molecule has 8 heteroatoms. The SMILES string of the molecule is CC(C)(C)c1ccc(N(C(=O)c2ccon2)C(C(=O)NCCc2cccc(F)c2)c2cccnc2)cc1. The van der Waals surface area contributed by atoms with Crippen molar-refractivity contribution < 1.29 is 18.5 Å². The van der Waals surface area contributed by atoms with Gasteiger partial charge in [0, 0.05) is 36.3 Å². The van der Waals surface area contributed by atoms with Crippen molar-refractivity contribution in [1.29, 1.82) is 0 Å². The van der Waals surface area contributed by atoms with E-state index in [1.165, 1.54) is 29.4 Å². The molecule has 0 saturated heterocycles. The number of hydrogen-bond acceptors (Lipinski definition) is 5. The van der Waals surface area contributed by atoms with Crippen LogP contribution in [0.3, 0.4) is 0 Å². The van der Waals surface area contributed by atoms with Gasteiger partial charge in [0.1, 0.15) is 18.1 Å². The molecule has 0 aliphatic carbocycles. The van der Waals surface area contributed by atoms with Crippen molar-refractivity contribution in [3.05, 3.63) is 114 Å². The lowest BCUT2D eigenvalue weighted by atomic mass is 9.87. The molecule has 1 atom stereocenters. The Bertz CT molecular complexity index is 1330. The van der Waals surface area contributed by atoms with Crippen LogP contribution in [-0.4, -0.2) is 28.5 Å². The van der Waals surface area contributed by atoms with Gasteiger partial charge < -0.3 is 9.84 Å². The Balaban J connectivity index is 1.69. The van der Waals surface area contributed by atoms with Crippen molar-refractivity contribution in [2.75, 3.05) is 11.4 Å². The van der Waals surface area contributed by atoms with Gasteiger partial charge in [0.2, 0.25) is 5.91 Å². The topological polar surface area (TPSA) is 88.3 Å². The lowest BCUT2D eigenvalue weighted by Gasteiger charge is -2.31. The monoisotopic (exact) mass is 500 g/mol. The molecule has 1 N–H and O–H groups in total. The molecule has 0 bridgehead atoms. The van der Waals surface area contributed by atoms with Crippen LogP contribution >= 0.6 is 0 Å². The number of benzene rings is 2. The van der Waals surface area contributed by atoms with E-state index in [1.54, 1.807) is 36.7 Å². The molecule has 1 unspecified atom stereocenters. The number of anilines is 1. The Labute approximate surface area is 215 Å². The summed E-state index contributed by atoms with van der Waals surface area (Å²) in [5, 5.41) is 6.72. The van der Waals surface area contributed by atoms with Crippen molar-refractivity contribution in [2.24, 2.45) is 0 Å². The number of halogens is 1. The summed E-state index contributed by atoms with van der Waals surface area (Å²) in [6.07, 6.45) is 4.90. The fraction of sp³-hybridized carbons (Fsp3) is 0.241. The number of pyridine rings is 1. The van der Waals surface area contributed by atoms with Gasteiger partial charge in [0.05, 0.1) is 0 Å². The molecule has 4 aromatic rings. The zero-order valence-corrected chi connectivity index (χ0v) is 21.0. The van der Waals surface area contributed by atoms with Crippen LogP contribution in [-0.2, 0) is 16.6 Å². The summed E-state index contributed by atoms with van der Waals surface area (Å²) >= 11 is 0. The minimum atomic E-state index is -1.04. The average Bonchev–Trinajstić information content (AvgIpc) is 3.42. The number of aromatic nitrogens is 2. The summed E-state index contributed by atoms with van der Waals surface area (Å²) in [4.78, 5) is 32.9. The predicted molar refractivity (Wildman–Crippen MR) is 139 cm³/mol. The number of carbonyl (C=O) groups excluding carboxylic acids is 2. The molecular weight excluding hydrogens is 471 g/mol. The van der Waals surface area contributed by atoms with Crippen molar-refractivity contribution in [3.63, 3.8) is 0 Å². The summed E-state index contributed by atoms with van der Waals surface area (Å²) in [6, 6.07) is 17.6. The van der Waals surface area contributed by atoms with Gasteiger partial charge in [-0.25, -0.2) is 4.39 Å². The van der Waals surface area contributed by atoms with Crippen LogP contribution in [0.1, 0.15) is 54.0 Å². The first-order chi connectivity index (χ1) is 17.7. The molecule has 37 heavy (non-hydrogen) atoms. The third-order valence-corrected chi connectivity index (χ3v) is 6.00. The first-order valence-corrected chi connectivity index (χ1v) is 12.0. The number of amides is 2. The summed E-state index contributed by atoms with van der Waals surface area (Å²) in [5.41, 5.74) is 2.88. The van der Waals surface area contributed by atoms with Gasteiger partial charge in [-0.05, 0) is 53.3 Å². The van der Waals surface area contributed by atoms with Gasteiger partial charge in [0.15, 0.2) is 5.69 Å². The van der Waals surface area contributed by atoms with Crippen molar-refractivity contribution in [1.82, 2.24) is 15.5 Å². The van der Waals surface area contributed by atoms with Crippen molar-refractivity contribution >= 4 is 17.5 Å². The van der Waals surface area contributed by atoms with Gasteiger partial charge in [-0.1, -0.05) is 56.3 Å².